The SMILES string of the molecule is CN([C@@H]1CCCc2ccccc21)S(=O)(=O)N1CCOCC1. The molecule has 21 heavy (non-hydrogen) atoms. The highest BCUT2D eigenvalue weighted by Crippen LogP contribution is 2.35. The summed E-state index contributed by atoms with van der Waals surface area (Å²) in [6.07, 6.45) is 2.96. The van der Waals surface area contributed by atoms with Crippen molar-refractivity contribution in [3.05, 3.63) is 35.4 Å². The van der Waals surface area contributed by atoms with Crippen molar-refractivity contribution in [3.8, 4) is 0 Å². The zero-order valence-electron chi connectivity index (χ0n) is 12.4. The summed E-state index contributed by atoms with van der Waals surface area (Å²) < 4.78 is 33.9. The molecule has 6 heteroatoms. The van der Waals surface area contributed by atoms with Crippen LogP contribution in [0.2, 0.25) is 0 Å². The second-order valence-electron chi connectivity index (χ2n) is 5.64. The highest BCUT2D eigenvalue weighted by molar-refractivity contribution is 7.86. The van der Waals surface area contributed by atoms with Crippen LogP contribution in [-0.2, 0) is 21.4 Å². The number of hydrogen-bond donors (Lipinski definition) is 0. The lowest BCUT2D eigenvalue weighted by Crippen LogP contribution is -2.48. The molecule has 2 aliphatic rings. The number of fused-ring (bicyclic) bond motifs is 1. The molecule has 0 amide bonds. The third-order valence-electron chi connectivity index (χ3n) is 4.44. The molecule has 0 aromatic heterocycles. The van der Waals surface area contributed by atoms with Gasteiger partial charge in [-0.05, 0) is 30.4 Å². The van der Waals surface area contributed by atoms with Gasteiger partial charge in [0.15, 0.2) is 0 Å². The van der Waals surface area contributed by atoms with Gasteiger partial charge in [-0.3, -0.25) is 0 Å². The molecular formula is C15H22N2O3S. The summed E-state index contributed by atoms with van der Waals surface area (Å²) in [5.41, 5.74) is 2.43. The Morgan fingerprint density at radius 3 is 2.71 bits per heavy atom. The molecule has 1 fully saturated rings. The third kappa shape index (κ3) is 2.85. The zero-order chi connectivity index (χ0) is 14.9. The Labute approximate surface area is 126 Å². The zero-order valence-corrected chi connectivity index (χ0v) is 13.2. The van der Waals surface area contributed by atoms with Gasteiger partial charge in [0.25, 0.3) is 10.2 Å². The predicted molar refractivity (Wildman–Crippen MR) is 81.2 cm³/mol. The quantitative estimate of drug-likeness (QED) is 0.851. The lowest BCUT2D eigenvalue weighted by molar-refractivity contribution is 0.0696. The highest BCUT2D eigenvalue weighted by Gasteiger charge is 2.35. The van der Waals surface area contributed by atoms with Gasteiger partial charge in [-0.15, -0.1) is 0 Å². The predicted octanol–water partition coefficient (Wildman–Crippen LogP) is 1.57. The summed E-state index contributed by atoms with van der Waals surface area (Å²) >= 11 is 0. The Hall–Kier alpha value is -0.950. The largest absolute Gasteiger partial charge is 0.379 e. The van der Waals surface area contributed by atoms with Crippen LogP contribution in [0.25, 0.3) is 0 Å². The van der Waals surface area contributed by atoms with Gasteiger partial charge in [0, 0.05) is 20.1 Å². The van der Waals surface area contributed by atoms with Crippen LogP contribution in [0.15, 0.2) is 24.3 Å². The fourth-order valence-electron chi connectivity index (χ4n) is 3.23. The highest BCUT2D eigenvalue weighted by atomic mass is 32.2. The number of rotatable bonds is 3. The summed E-state index contributed by atoms with van der Waals surface area (Å²) in [7, 11) is -1.71. The maximum Gasteiger partial charge on any atom is 0.282 e. The Morgan fingerprint density at radius 1 is 1.24 bits per heavy atom. The molecule has 0 unspecified atom stereocenters. The smallest absolute Gasteiger partial charge is 0.282 e. The van der Waals surface area contributed by atoms with Gasteiger partial charge in [0.05, 0.1) is 19.3 Å². The fourth-order valence-corrected chi connectivity index (χ4v) is 4.74. The van der Waals surface area contributed by atoms with Crippen molar-refractivity contribution in [2.75, 3.05) is 33.4 Å². The first kappa shape index (κ1) is 15.0. The molecule has 0 bridgehead atoms. The van der Waals surface area contributed by atoms with E-state index < -0.39 is 10.2 Å². The summed E-state index contributed by atoms with van der Waals surface area (Å²) in [4.78, 5) is 0. The Kier molecular flexibility index (Phi) is 4.31. The van der Waals surface area contributed by atoms with Gasteiger partial charge >= 0.3 is 0 Å². The van der Waals surface area contributed by atoms with Gasteiger partial charge in [-0.1, -0.05) is 24.3 Å². The van der Waals surface area contributed by atoms with Crippen molar-refractivity contribution in [2.24, 2.45) is 0 Å². The van der Waals surface area contributed by atoms with Crippen LogP contribution in [0.5, 0.6) is 0 Å². The van der Waals surface area contributed by atoms with E-state index in [0.29, 0.717) is 26.3 Å². The van der Waals surface area contributed by atoms with Crippen molar-refractivity contribution in [1.82, 2.24) is 8.61 Å². The molecule has 1 aromatic carbocycles. The number of hydrogen-bond acceptors (Lipinski definition) is 3. The summed E-state index contributed by atoms with van der Waals surface area (Å²) in [6.45, 7) is 1.85. The second-order valence-corrected chi connectivity index (χ2v) is 7.63. The average molecular weight is 310 g/mol. The lowest BCUT2D eigenvalue weighted by atomic mass is 9.88. The van der Waals surface area contributed by atoms with Crippen molar-refractivity contribution < 1.29 is 13.2 Å². The number of ether oxygens (including phenoxy) is 1. The molecule has 3 rings (SSSR count). The molecule has 1 aromatic rings. The molecule has 116 valence electrons. The van der Waals surface area contributed by atoms with Gasteiger partial charge in [-0.25, -0.2) is 0 Å². The Bertz CT molecular complexity index is 597. The molecule has 0 saturated carbocycles. The number of morpholine rings is 1. The number of aryl methyl sites for hydroxylation is 1. The molecule has 1 aliphatic heterocycles. The molecule has 0 spiro atoms. The monoisotopic (exact) mass is 310 g/mol. The Morgan fingerprint density at radius 2 is 1.95 bits per heavy atom. The first-order chi connectivity index (χ1) is 10.1. The third-order valence-corrected chi connectivity index (χ3v) is 6.44. The minimum absolute atomic E-state index is 0.0530. The normalized spacial score (nSPS) is 24.0. The van der Waals surface area contributed by atoms with E-state index in [1.807, 2.05) is 12.1 Å². The van der Waals surface area contributed by atoms with Crippen molar-refractivity contribution in [3.63, 3.8) is 0 Å². The molecular weight excluding hydrogens is 288 g/mol. The van der Waals surface area contributed by atoms with Gasteiger partial charge in [0.2, 0.25) is 0 Å². The number of nitrogens with zero attached hydrogens (tertiary/aromatic N) is 2. The van der Waals surface area contributed by atoms with E-state index in [2.05, 4.69) is 12.1 Å². The van der Waals surface area contributed by atoms with E-state index >= 15 is 0 Å². The maximum atomic E-state index is 12.8. The topological polar surface area (TPSA) is 49.9 Å². The lowest BCUT2D eigenvalue weighted by Gasteiger charge is -2.36. The standard InChI is InChI=1S/C15H22N2O3S/c1-16(21(18,19)17-9-11-20-12-10-17)15-8-4-6-13-5-2-3-7-14(13)15/h2-3,5,7,15H,4,6,8-12H2,1H3/t15-/m1/s1. The van der Waals surface area contributed by atoms with Crippen LogP contribution in [0.4, 0.5) is 0 Å². The summed E-state index contributed by atoms with van der Waals surface area (Å²) in [5.74, 6) is 0. The van der Waals surface area contributed by atoms with Crippen LogP contribution in [0.3, 0.4) is 0 Å². The van der Waals surface area contributed by atoms with Gasteiger partial charge in [0.1, 0.15) is 0 Å². The van der Waals surface area contributed by atoms with Crippen LogP contribution >= 0.6 is 0 Å². The first-order valence-electron chi connectivity index (χ1n) is 7.49. The fraction of sp³-hybridized carbons (Fsp3) is 0.600. The minimum atomic E-state index is -3.42. The summed E-state index contributed by atoms with van der Waals surface area (Å²) in [6, 6.07) is 8.13. The van der Waals surface area contributed by atoms with Gasteiger partial charge < -0.3 is 4.74 Å². The van der Waals surface area contributed by atoms with E-state index in [1.54, 1.807) is 11.4 Å². The Balaban J connectivity index is 1.87. The molecule has 0 radical (unpaired) electrons. The van der Waals surface area contributed by atoms with Crippen LogP contribution in [0, 0.1) is 0 Å². The van der Waals surface area contributed by atoms with Crippen molar-refractivity contribution in [2.45, 2.75) is 25.3 Å². The molecule has 1 atom stereocenters. The van der Waals surface area contributed by atoms with E-state index in [4.69, 9.17) is 4.74 Å². The molecule has 5 nitrogen and oxygen atoms in total. The number of benzene rings is 1. The van der Waals surface area contributed by atoms with Crippen LogP contribution < -0.4 is 0 Å². The molecule has 0 N–H and O–H groups in total. The summed E-state index contributed by atoms with van der Waals surface area (Å²) in [5, 5.41) is 0. The van der Waals surface area contributed by atoms with Gasteiger partial charge in [-0.2, -0.15) is 17.0 Å². The second kappa shape index (κ2) is 6.04. The van der Waals surface area contributed by atoms with Crippen LogP contribution in [-0.4, -0.2) is 50.4 Å². The first-order valence-corrected chi connectivity index (χ1v) is 8.89. The minimum Gasteiger partial charge on any atom is -0.379 e. The van der Waals surface area contributed by atoms with E-state index in [9.17, 15) is 8.42 Å². The average Bonchev–Trinajstić information content (AvgIpc) is 2.54. The molecule has 1 saturated heterocycles. The van der Waals surface area contributed by atoms with Crippen molar-refractivity contribution in [1.29, 1.82) is 0 Å². The maximum absolute atomic E-state index is 12.8. The molecule has 1 heterocycles. The van der Waals surface area contributed by atoms with E-state index in [1.165, 1.54) is 9.87 Å². The van der Waals surface area contributed by atoms with E-state index in [-0.39, 0.29) is 6.04 Å². The molecule has 1 aliphatic carbocycles. The van der Waals surface area contributed by atoms with E-state index in [0.717, 1.165) is 24.8 Å². The van der Waals surface area contributed by atoms with Crippen LogP contribution in [0.1, 0.15) is 30.0 Å². The van der Waals surface area contributed by atoms with Crippen molar-refractivity contribution >= 4 is 10.2 Å².